The van der Waals surface area contributed by atoms with E-state index in [1.54, 1.807) is 6.92 Å². The zero-order valence-corrected chi connectivity index (χ0v) is 10.9. The van der Waals surface area contributed by atoms with Crippen molar-refractivity contribution < 1.29 is 15.0 Å². The topological polar surface area (TPSA) is 107 Å². The van der Waals surface area contributed by atoms with Gasteiger partial charge in [-0.1, -0.05) is 13.8 Å². The molecule has 4 radical (unpaired) electrons. The molecule has 1 atom stereocenters. The van der Waals surface area contributed by atoms with E-state index in [9.17, 15) is 25.3 Å². The molecule has 0 aliphatic carbocycles. The van der Waals surface area contributed by atoms with Crippen molar-refractivity contribution in [1.82, 2.24) is 0 Å². The fraction of sp³-hybridized carbons (Fsp3) is 0.400. The molecular weight excluding hydrogens is 256 g/mol. The predicted molar refractivity (Wildman–Crippen MR) is 65.9 cm³/mol. The average Bonchev–Trinajstić information content (AvgIpc) is 2.27. The van der Waals surface area contributed by atoms with Crippen LogP contribution >= 0.6 is 0 Å². The van der Waals surface area contributed by atoms with Crippen LogP contribution in [0.25, 0.3) is 0 Å². The van der Waals surface area contributed by atoms with Crippen LogP contribution in [0, 0.1) is 20.2 Å². The molecule has 0 saturated heterocycles. The average molecular weight is 268 g/mol. The monoisotopic (exact) mass is 268 g/mol. The maximum Gasteiger partial charge on any atom is 0.317 e. The number of hydrogen-bond acceptors (Lipinski definition) is 5. The number of phenolic OH excluding ortho intramolecular Hbond substituents is 1. The van der Waals surface area contributed by atoms with Crippen LogP contribution in [0.5, 0.6) is 5.75 Å². The number of rotatable bonds is 4. The van der Waals surface area contributed by atoms with E-state index in [4.69, 9.17) is 0 Å². The first-order valence-electron chi connectivity index (χ1n) is 5.04. The van der Waals surface area contributed by atoms with Crippen LogP contribution in [-0.2, 0) is 0 Å². The molecule has 7 nitrogen and oxygen atoms in total. The van der Waals surface area contributed by atoms with Gasteiger partial charge in [-0.15, -0.1) is 0 Å². The lowest BCUT2D eigenvalue weighted by Gasteiger charge is -2.10. The Morgan fingerprint density at radius 1 is 1.28 bits per heavy atom. The molecule has 0 fully saturated rings. The van der Waals surface area contributed by atoms with Gasteiger partial charge in [0.2, 0.25) is 0 Å². The van der Waals surface area contributed by atoms with Crippen LogP contribution in [0.15, 0.2) is 12.1 Å². The summed E-state index contributed by atoms with van der Waals surface area (Å²) in [6.07, 6.45) is 0.617. The molecule has 0 aliphatic rings. The Bertz CT molecular complexity index is 478. The van der Waals surface area contributed by atoms with Gasteiger partial charge in [0, 0.05) is 22.6 Å². The Kier molecular flexibility index (Phi) is 5.44. The number of nitrogens with zero attached hydrogens (tertiary/aromatic N) is 2. The molecule has 0 spiro atoms. The summed E-state index contributed by atoms with van der Waals surface area (Å²) in [5.74, 6) is -0.677. The summed E-state index contributed by atoms with van der Waals surface area (Å²) in [6, 6.07) is 1.94. The normalized spacial score (nSPS) is 11.4. The van der Waals surface area contributed by atoms with E-state index in [-0.39, 0.29) is 28.1 Å². The van der Waals surface area contributed by atoms with E-state index >= 15 is 0 Å². The second-order valence-electron chi connectivity index (χ2n) is 3.73. The van der Waals surface area contributed by atoms with Gasteiger partial charge in [0.25, 0.3) is 5.69 Å². The first-order chi connectivity index (χ1) is 7.88. The molecule has 0 aliphatic heterocycles. The summed E-state index contributed by atoms with van der Waals surface area (Å²) in [6.45, 7) is 3.57. The Labute approximate surface area is 108 Å². The van der Waals surface area contributed by atoms with Gasteiger partial charge in [-0.25, -0.2) is 0 Å². The van der Waals surface area contributed by atoms with E-state index < -0.39 is 21.3 Å². The Morgan fingerprint density at radius 3 is 2.22 bits per heavy atom. The SMILES string of the molecule is CCC(C)c1cc([N+](=O)[O-])cc([N+](=O)[O-])c1O.[Si]. The molecular formula is C10H12N2O5Si. The van der Waals surface area contributed by atoms with Gasteiger partial charge in [0.05, 0.1) is 15.9 Å². The molecule has 96 valence electrons. The van der Waals surface area contributed by atoms with Crippen molar-refractivity contribution in [1.29, 1.82) is 0 Å². The summed E-state index contributed by atoms with van der Waals surface area (Å²) in [7, 11) is 0. The lowest BCUT2D eigenvalue weighted by atomic mass is 9.96. The van der Waals surface area contributed by atoms with Crippen LogP contribution in [0.3, 0.4) is 0 Å². The quantitative estimate of drug-likeness (QED) is 0.512. The number of nitro groups is 2. The predicted octanol–water partition coefficient (Wildman–Crippen LogP) is 2.34. The lowest BCUT2D eigenvalue weighted by molar-refractivity contribution is -0.394. The van der Waals surface area contributed by atoms with Crippen molar-refractivity contribution >= 4 is 22.3 Å². The molecule has 0 aromatic heterocycles. The van der Waals surface area contributed by atoms with Crippen LogP contribution in [0.4, 0.5) is 11.4 Å². The molecule has 0 bridgehead atoms. The van der Waals surface area contributed by atoms with E-state index in [2.05, 4.69) is 0 Å². The lowest BCUT2D eigenvalue weighted by Crippen LogP contribution is -1.99. The summed E-state index contributed by atoms with van der Waals surface area (Å²) in [5.41, 5.74) is -0.785. The van der Waals surface area contributed by atoms with Gasteiger partial charge in [0.15, 0.2) is 5.75 Å². The summed E-state index contributed by atoms with van der Waals surface area (Å²) in [5, 5.41) is 31.0. The van der Waals surface area contributed by atoms with Crippen molar-refractivity contribution in [3.8, 4) is 5.75 Å². The molecule has 0 heterocycles. The molecule has 1 unspecified atom stereocenters. The summed E-state index contributed by atoms with van der Waals surface area (Å²) >= 11 is 0. The van der Waals surface area contributed by atoms with E-state index in [1.807, 2.05) is 6.92 Å². The highest BCUT2D eigenvalue weighted by atomic mass is 28.1. The first-order valence-corrected chi connectivity index (χ1v) is 5.04. The maximum atomic E-state index is 10.7. The van der Waals surface area contributed by atoms with Crippen LogP contribution in [0.2, 0.25) is 0 Å². The van der Waals surface area contributed by atoms with Crippen molar-refractivity contribution in [2.75, 3.05) is 0 Å². The maximum absolute atomic E-state index is 10.7. The van der Waals surface area contributed by atoms with Crippen molar-refractivity contribution in [3.63, 3.8) is 0 Å². The van der Waals surface area contributed by atoms with Crippen molar-refractivity contribution in [3.05, 3.63) is 37.9 Å². The van der Waals surface area contributed by atoms with E-state index in [1.165, 1.54) is 6.07 Å². The zero-order chi connectivity index (χ0) is 13.2. The van der Waals surface area contributed by atoms with Crippen LogP contribution in [-0.4, -0.2) is 25.9 Å². The molecule has 0 amide bonds. The third-order valence-corrected chi connectivity index (χ3v) is 2.65. The number of hydrogen-bond donors (Lipinski definition) is 1. The highest BCUT2D eigenvalue weighted by molar-refractivity contribution is 5.75. The minimum Gasteiger partial charge on any atom is -0.502 e. The number of non-ortho nitro benzene ring substituents is 1. The molecule has 18 heavy (non-hydrogen) atoms. The van der Waals surface area contributed by atoms with Crippen LogP contribution < -0.4 is 0 Å². The number of aromatic hydroxyl groups is 1. The Hall–Kier alpha value is -1.96. The number of phenols is 1. The number of nitro benzene ring substituents is 2. The van der Waals surface area contributed by atoms with Gasteiger partial charge >= 0.3 is 5.69 Å². The van der Waals surface area contributed by atoms with Gasteiger partial charge < -0.3 is 5.11 Å². The smallest absolute Gasteiger partial charge is 0.317 e. The molecule has 1 aromatic carbocycles. The summed E-state index contributed by atoms with van der Waals surface area (Å²) < 4.78 is 0. The first kappa shape index (κ1) is 16.0. The summed E-state index contributed by atoms with van der Waals surface area (Å²) in [4.78, 5) is 19.8. The van der Waals surface area contributed by atoms with Gasteiger partial charge in [0.1, 0.15) is 0 Å². The fourth-order valence-electron chi connectivity index (χ4n) is 1.47. The molecule has 1 rings (SSSR count). The van der Waals surface area contributed by atoms with E-state index in [0.29, 0.717) is 6.42 Å². The Morgan fingerprint density at radius 2 is 1.83 bits per heavy atom. The number of benzene rings is 1. The fourth-order valence-corrected chi connectivity index (χ4v) is 1.47. The molecule has 0 saturated carbocycles. The largest absolute Gasteiger partial charge is 0.502 e. The van der Waals surface area contributed by atoms with Crippen LogP contribution in [0.1, 0.15) is 31.7 Å². The third-order valence-electron chi connectivity index (χ3n) is 2.65. The van der Waals surface area contributed by atoms with Crippen molar-refractivity contribution in [2.24, 2.45) is 0 Å². The van der Waals surface area contributed by atoms with Crippen molar-refractivity contribution in [2.45, 2.75) is 26.2 Å². The standard InChI is InChI=1S/C10H12N2O5.Si/c1-3-6(2)8-4-7(11(14)15)5-9(10(8)13)12(16)17;/h4-6,13H,3H2,1-2H3;. The Balaban J connectivity index is 0.00000289. The minimum absolute atomic E-state index is 0. The minimum atomic E-state index is -0.825. The second-order valence-corrected chi connectivity index (χ2v) is 3.73. The zero-order valence-electron chi connectivity index (χ0n) is 9.91. The van der Waals surface area contributed by atoms with E-state index in [0.717, 1.165) is 6.07 Å². The molecule has 1 aromatic rings. The highest BCUT2D eigenvalue weighted by Crippen LogP contribution is 2.38. The highest BCUT2D eigenvalue weighted by Gasteiger charge is 2.25. The molecule has 8 heteroatoms. The third kappa shape index (κ3) is 3.04. The van der Waals surface area contributed by atoms with Gasteiger partial charge in [-0.05, 0) is 12.3 Å². The second kappa shape index (κ2) is 6.10. The van der Waals surface area contributed by atoms with Gasteiger partial charge in [-0.2, -0.15) is 0 Å². The molecule has 1 N–H and O–H groups in total. The van der Waals surface area contributed by atoms with Gasteiger partial charge in [-0.3, -0.25) is 20.2 Å².